The van der Waals surface area contributed by atoms with Crippen molar-refractivity contribution in [2.45, 2.75) is 33.2 Å². The first kappa shape index (κ1) is 16.5. The van der Waals surface area contributed by atoms with E-state index in [-0.39, 0.29) is 5.97 Å². The highest BCUT2D eigenvalue weighted by molar-refractivity contribution is 7.13. The average molecular weight is 344 g/mol. The maximum absolute atomic E-state index is 11.2. The van der Waals surface area contributed by atoms with E-state index in [2.05, 4.69) is 41.0 Å². The first-order valence-electron chi connectivity index (χ1n) is 7.80. The molecule has 0 radical (unpaired) electrons. The van der Waals surface area contributed by atoms with E-state index in [9.17, 15) is 4.79 Å². The van der Waals surface area contributed by atoms with Gasteiger partial charge in [0, 0.05) is 22.8 Å². The fourth-order valence-electron chi connectivity index (χ4n) is 2.55. The minimum Gasteiger partial charge on any atom is -0.469 e. The molecule has 2 heterocycles. The molecule has 126 valence electrons. The van der Waals surface area contributed by atoms with Crippen LogP contribution in [0.15, 0.2) is 28.0 Å². The molecule has 24 heavy (non-hydrogen) atoms. The summed E-state index contributed by atoms with van der Waals surface area (Å²) in [5, 5.41) is 7.24. The largest absolute Gasteiger partial charge is 0.469 e. The van der Waals surface area contributed by atoms with Crippen LogP contribution in [-0.2, 0) is 22.5 Å². The molecule has 0 unspecified atom stereocenters. The highest BCUT2D eigenvalue weighted by Crippen LogP contribution is 2.27. The Morgan fingerprint density at radius 3 is 3.00 bits per heavy atom. The first-order chi connectivity index (χ1) is 11.6. The van der Waals surface area contributed by atoms with Crippen LogP contribution in [0.25, 0.3) is 11.0 Å². The molecule has 0 saturated heterocycles. The van der Waals surface area contributed by atoms with Gasteiger partial charge in [-0.15, -0.1) is 11.3 Å². The summed E-state index contributed by atoms with van der Waals surface area (Å²) in [7, 11) is 1.40. The van der Waals surface area contributed by atoms with Gasteiger partial charge >= 0.3 is 5.97 Å². The van der Waals surface area contributed by atoms with Crippen LogP contribution in [0.2, 0.25) is 0 Å². The third-order valence-electron chi connectivity index (χ3n) is 3.96. The Morgan fingerprint density at radius 2 is 2.21 bits per heavy atom. The Kier molecular flexibility index (Phi) is 4.85. The van der Waals surface area contributed by atoms with Crippen molar-refractivity contribution in [3.05, 3.63) is 46.2 Å². The predicted octanol–water partition coefficient (Wildman–Crippen LogP) is 4.22. The first-order valence-corrected chi connectivity index (χ1v) is 8.68. The number of carbonyl (C=O) groups is 1. The Bertz CT molecular complexity index is 866. The number of aryl methyl sites for hydroxylation is 3. The molecule has 0 amide bonds. The highest BCUT2D eigenvalue weighted by Gasteiger charge is 2.11. The van der Waals surface area contributed by atoms with E-state index in [4.69, 9.17) is 4.42 Å². The van der Waals surface area contributed by atoms with Crippen LogP contribution >= 0.6 is 11.3 Å². The van der Waals surface area contributed by atoms with Crippen molar-refractivity contribution < 1.29 is 13.9 Å². The van der Waals surface area contributed by atoms with E-state index in [1.807, 2.05) is 11.4 Å². The molecule has 0 aliphatic heterocycles. The molecule has 5 nitrogen and oxygen atoms in total. The molecule has 0 saturated carbocycles. The van der Waals surface area contributed by atoms with Gasteiger partial charge in [-0.2, -0.15) is 0 Å². The van der Waals surface area contributed by atoms with Crippen LogP contribution in [0.5, 0.6) is 0 Å². The average Bonchev–Trinajstić information content (AvgIpc) is 3.16. The Morgan fingerprint density at radius 1 is 1.38 bits per heavy atom. The molecule has 0 atom stereocenters. The van der Waals surface area contributed by atoms with Crippen molar-refractivity contribution in [1.82, 2.24) is 4.98 Å². The molecule has 3 rings (SSSR count). The third-order valence-corrected chi connectivity index (χ3v) is 4.80. The fourth-order valence-corrected chi connectivity index (χ4v) is 3.29. The van der Waals surface area contributed by atoms with E-state index in [1.54, 1.807) is 0 Å². The van der Waals surface area contributed by atoms with Gasteiger partial charge in [0.25, 0.3) is 0 Å². The van der Waals surface area contributed by atoms with Crippen molar-refractivity contribution in [2.24, 2.45) is 0 Å². The summed E-state index contributed by atoms with van der Waals surface area (Å²) in [6.45, 7) is 4.74. The third kappa shape index (κ3) is 3.59. The molecule has 3 aromatic rings. The molecule has 2 aromatic heterocycles. The maximum Gasteiger partial charge on any atom is 0.305 e. The lowest BCUT2D eigenvalue weighted by molar-refractivity contribution is -0.140. The van der Waals surface area contributed by atoms with E-state index < -0.39 is 0 Å². The zero-order valence-corrected chi connectivity index (χ0v) is 14.8. The van der Waals surface area contributed by atoms with Crippen LogP contribution in [0.3, 0.4) is 0 Å². The summed E-state index contributed by atoms with van der Waals surface area (Å²) in [5.41, 5.74) is 4.18. The molecule has 0 bridgehead atoms. The standard InChI is InChI=1S/C18H20N2O3S/c1-11-4-6-15-14(8-11)12(2)16(23-15)9-19-18-20-13(10-24-18)5-7-17(21)22-3/h4,6,8,10H,5,7,9H2,1-3H3,(H,19,20). The number of furan rings is 1. The van der Waals surface area contributed by atoms with Crippen molar-refractivity contribution >= 4 is 33.4 Å². The smallest absolute Gasteiger partial charge is 0.305 e. The lowest BCUT2D eigenvalue weighted by Crippen LogP contribution is -2.02. The van der Waals surface area contributed by atoms with Gasteiger partial charge in [0.05, 0.1) is 25.8 Å². The fraction of sp³-hybridized carbons (Fsp3) is 0.333. The minimum atomic E-state index is -0.217. The number of carbonyl (C=O) groups excluding carboxylic acids is 1. The molecular weight excluding hydrogens is 324 g/mol. The number of benzene rings is 1. The highest BCUT2D eigenvalue weighted by atomic mass is 32.1. The zero-order valence-electron chi connectivity index (χ0n) is 14.0. The van der Waals surface area contributed by atoms with Gasteiger partial charge in [-0.3, -0.25) is 4.79 Å². The summed E-state index contributed by atoms with van der Waals surface area (Å²) in [6, 6.07) is 6.21. The second-order valence-electron chi connectivity index (χ2n) is 5.72. The lowest BCUT2D eigenvalue weighted by atomic mass is 10.1. The second-order valence-corrected chi connectivity index (χ2v) is 6.58. The van der Waals surface area contributed by atoms with Gasteiger partial charge in [-0.1, -0.05) is 11.6 Å². The van der Waals surface area contributed by atoms with Gasteiger partial charge in [0.15, 0.2) is 5.13 Å². The number of hydrogen-bond donors (Lipinski definition) is 1. The topological polar surface area (TPSA) is 64.4 Å². The summed E-state index contributed by atoms with van der Waals surface area (Å²) in [5.74, 6) is 0.701. The Hall–Kier alpha value is -2.34. The number of nitrogens with zero attached hydrogens (tertiary/aromatic N) is 1. The van der Waals surface area contributed by atoms with E-state index in [0.29, 0.717) is 19.4 Å². The van der Waals surface area contributed by atoms with Gasteiger partial charge in [-0.05, 0) is 26.0 Å². The van der Waals surface area contributed by atoms with Crippen LogP contribution in [0, 0.1) is 13.8 Å². The number of fused-ring (bicyclic) bond motifs is 1. The zero-order chi connectivity index (χ0) is 17.1. The van der Waals surface area contributed by atoms with Gasteiger partial charge in [0.2, 0.25) is 0 Å². The minimum absolute atomic E-state index is 0.217. The SMILES string of the molecule is COC(=O)CCc1csc(NCc2oc3ccc(C)cc3c2C)n1. The van der Waals surface area contributed by atoms with Crippen molar-refractivity contribution in [3.8, 4) is 0 Å². The number of thiazole rings is 1. The van der Waals surface area contributed by atoms with Crippen molar-refractivity contribution in [1.29, 1.82) is 0 Å². The summed E-state index contributed by atoms with van der Waals surface area (Å²) in [4.78, 5) is 15.7. The van der Waals surface area contributed by atoms with Crippen LogP contribution in [-0.4, -0.2) is 18.1 Å². The number of nitrogens with one attached hydrogen (secondary N) is 1. The quantitative estimate of drug-likeness (QED) is 0.678. The number of hydrogen-bond acceptors (Lipinski definition) is 6. The molecule has 0 spiro atoms. The lowest BCUT2D eigenvalue weighted by Gasteiger charge is -2.00. The number of esters is 1. The molecule has 0 aliphatic rings. The van der Waals surface area contributed by atoms with Crippen LogP contribution < -0.4 is 5.32 Å². The maximum atomic E-state index is 11.2. The number of methoxy groups -OCH3 is 1. The number of ether oxygens (including phenoxy) is 1. The van der Waals surface area contributed by atoms with Gasteiger partial charge < -0.3 is 14.5 Å². The molecular formula is C18H20N2O3S. The predicted molar refractivity (Wildman–Crippen MR) is 95.5 cm³/mol. The van der Waals surface area contributed by atoms with Crippen LogP contribution in [0.4, 0.5) is 5.13 Å². The van der Waals surface area contributed by atoms with E-state index >= 15 is 0 Å². The molecule has 1 aromatic carbocycles. The summed E-state index contributed by atoms with van der Waals surface area (Å²) >= 11 is 1.53. The molecule has 0 aliphatic carbocycles. The summed E-state index contributed by atoms with van der Waals surface area (Å²) in [6.07, 6.45) is 0.940. The van der Waals surface area contributed by atoms with Crippen molar-refractivity contribution in [3.63, 3.8) is 0 Å². The van der Waals surface area contributed by atoms with Crippen LogP contribution in [0.1, 0.15) is 29.0 Å². The summed E-state index contributed by atoms with van der Waals surface area (Å²) < 4.78 is 10.6. The van der Waals surface area contributed by atoms with Gasteiger partial charge in [-0.25, -0.2) is 4.98 Å². The van der Waals surface area contributed by atoms with Gasteiger partial charge in [0.1, 0.15) is 11.3 Å². The molecule has 6 heteroatoms. The number of rotatable bonds is 6. The number of aromatic nitrogens is 1. The number of anilines is 1. The van der Waals surface area contributed by atoms with E-state index in [1.165, 1.54) is 24.0 Å². The molecule has 1 N–H and O–H groups in total. The van der Waals surface area contributed by atoms with E-state index in [0.717, 1.165) is 33.1 Å². The van der Waals surface area contributed by atoms with Crippen molar-refractivity contribution in [2.75, 3.05) is 12.4 Å². The monoisotopic (exact) mass is 344 g/mol. The second kappa shape index (κ2) is 7.05. The molecule has 0 fully saturated rings. The Labute approximate surface area is 144 Å². The Balaban J connectivity index is 1.65. The normalized spacial score (nSPS) is 11.0.